The maximum absolute atomic E-state index is 4.00. The van der Waals surface area contributed by atoms with Crippen LogP contribution >= 0.6 is 0 Å². The monoisotopic (exact) mass is 235 g/mol. The van der Waals surface area contributed by atoms with Crippen molar-refractivity contribution in [3.05, 3.63) is 76.8 Å². The summed E-state index contributed by atoms with van der Waals surface area (Å²) in [7, 11) is 0. The van der Waals surface area contributed by atoms with Crippen molar-refractivity contribution in [2.45, 2.75) is 6.92 Å². The first kappa shape index (κ1) is 12.2. The van der Waals surface area contributed by atoms with E-state index in [0.29, 0.717) is 0 Å². The van der Waals surface area contributed by atoms with Gasteiger partial charge in [0, 0.05) is 11.4 Å². The zero-order chi connectivity index (χ0) is 12.8. The zero-order valence-electron chi connectivity index (χ0n) is 10.6. The molecule has 2 aromatic rings. The molecular formula is C17H17N. The highest BCUT2D eigenvalue weighted by Crippen LogP contribution is 2.08. The molecule has 0 aliphatic rings. The molecule has 90 valence electrons. The first-order chi connectivity index (χ1) is 8.75. The molecule has 0 spiro atoms. The largest absolute Gasteiger partial charge is 0.359 e. The van der Waals surface area contributed by atoms with E-state index in [-0.39, 0.29) is 0 Å². The first-order valence-electron chi connectivity index (χ1n) is 6.00. The highest BCUT2D eigenvalue weighted by molar-refractivity contribution is 5.51. The fourth-order valence-corrected chi connectivity index (χ4v) is 1.70. The van der Waals surface area contributed by atoms with Crippen LogP contribution in [0.25, 0.3) is 12.7 Å². The molecule has 0 radical (unpaired) electrons. The SMILES string of the molecule is C=c1cccc/c1=C/C=C(\C)Nc1ccccc1. The standard InChI is InChI=1S/C17H17N/c1-14-8-6-7-9-16(14)13-12-15(2)18-17-10-4-3-5-11-17/h3-13,18H,1H2,2H3/b15-12+,16-13-. The van der Waals surface area contributed by atoms with Crippen LogP contribution < -0.4 is 15.8 Å². The van der Waals surface area contributed by atoms with Gasteiger partial charge in [0.1, 0.15) is 0 Å². The van der Waals surface area contributed by atoms with E-state index in [9.17, 15) is 0 Å². The highest BCUT2D eigenvalue weighted by atomic mass is 14.9. The van der Waals surface area contributed by atoms with Gasteiger partial charge in [-0.2, -0.15) is 0 Å². The molecule has 0 saturated carbocycles. The maximum Gasteiger partial charge on any atom is 0.0381 e. The van der Waals surface area contributed by atoms with E-state index < -0.39 is 0 Å². The van der Waals surface area contributed by atoms with Crippen molar-refractivity contribution in [3.63, 3.8) is 0 Å². The molecule has 0 atom stereocenters. The van der Waals surface area contributed by atoms with E-state index in [1.165, 1.54) is 0 Å². The Morgan fingerprint density at radius 3 is 2.39 bits per heavy atom. The van der Waals surface area contributed by atoms with Crippen molar-refractivity contribution in [3.8, 4) is 0 Å². The summed E-state index contributed by atoms with van der Waals surface area (Å²) < 4.78 is 0. The quantitative estimate of drug-likeness (QED) is 0.862. The van der Waals surface area contributed by atoms with E-state index >= 15 is 0 Å². The normalized spacial score (nSPS) is 12.5. The van der Waals surface area contributed by atoms with Crippen molar-refractivity contribution in [1.29, 1.82) is 0 Å². The predicted molar refractivity (Wildman–Crippen MR) is 79.5 cm³/mol. The summed E-state index contributed by atoms with van der Waals surface area (Å²) in [5.74, 6) is 0. The molecule has 0 heterocycles. The molecule has 0 aliphatic heterocycles. The van der Waals surface area contributed by atoms with Gasteiger partial charge >= 0.3 is 0 Å². The fraction of sp³-hybridized carbons (Fsp3) is 0.0588. The van der Waals surface area contributed by atoms with Crippen LogP contribution in [-0.2, 0) is 0 Å². The van der Waals surface area contributed by atoms with Crippen molar-refractivity contribution in [1.82, 2.24) is 0 Å². The van der Waals surface area contributed by atoms with Crippen LogP contribution in [0, 0.1) is 0 Å². The average Bonchev–Trinajstić information content (AvgIpc) is 2.39. The number of anilines is 1. The summed E-state index contributed by atoms with van der Waals surface area (Å²) in [4.78, 5) is 0. The molecule has 0 aromatic heterocycles. The lowest BCUT2D eigenvalue weighted by atomic mass is 10.2. The Balaban J connectivity index is 2.18. The van der Waals surface area contributed by atoms with Crippen LogP contribution in [0.5, 0.6) is 0 Å². The summed E-state index contributed by atoms with van der Waals surface area (Å²) in [6.45, 7) is 6.05. The van der Waals surface area contributed by atoms with Crippen LogP contribution in [-0.4, -0.2) is 0 Å². The second-order valence-corrected chi connectivity index (χ2v) is 4.21. The molecule has 18 heavy (non-hydrogen) atoms. The molecule has 2 aromatic carbocycles. The van der Waals surface area contributed by atoms with E-state index in [4.69, 9.17) is 0 Å². The van der Waals surface area contributed by atoms with Gasteiger partial charge in [-0.1, -0.05) is 55.1 Å². The summed E-state index contributed by atoms with van der Waals surface area (Å²) in [5, 5.41) is 5.53. The fourth-order valence-electron chi connectivity index (χ4n) is 1.70. The predicted octanol–water partition coefficient (Wildman–Crippen LogP) is 2.89. The summed E-state index contributed by atoms with van der Waals surface area (Å²) in [6, 6.07) is 18.2. The maximum atomic E-state index is 4.00. The highest BCUT2D eigenvalue weighted by Gasteiger charge is 1.89. The Bertz CT molecular complexity index is 639. The zero-order valence-corrected chi connectivity index (χ0v) is 10.6. The number of para-hydroxylation sites is 1. The van der Waals surface area contributed by atoms with Crippen LogP contribution in [0.15, 0.2) is 66.4 Å². The molecule has 0 amide bonds. The molecule has 1 nitrogen and oxygen atoms in total. The topological polar surface area (TPSA) is 12.0 Å². The molecule has 2 rings (SSSR count). The van der Waals surface area contributed by atoms with Crippen molar-refractivity contribution < 1.29 is 0 Å². The molecule has 0 saturated heterocycles. The van der Waals surface area contributed by atoms with Crippen LogP contribution in [0.2, 0.25) is 0 Å². The van der Waals surface area contributed by atoms with Gasteiger partial charge in [0.25, 0.3) is 0 Å². The van der Waals surface area contributed by atoms with Gasteiger partial charge in [-0.15, -0.1) is 0 Å². The minimum atomic E-state index is 1.04. The van der Waals surface area contributed by atoms with E-state index in [0.717, 1.165) is 21.8 Å². The number of rotatable bonds is 3. The third-order valence-electron chi connectivity index (χ3n) is 2.68. The molecule has 0 aliphatic carbocycles. The smallest absolute Gasteiger partial charge is 0.0381 e. The number of hydrogen-bond acceptors (Lipinski definition) is 1. The Hall–Kier alpha value is -2.28. The number of hydrogen-bond donors (Lipinski definition) is 1. The van der Waals surface area contributed by atoms with E-state index in [1.54, 1.807) is 0 Å². The lowest BCUT2D eigenvalue weighted by Gasteiger charge is -2.04. The number of nitrogens with one attached hydrogen (secondary N) is 1. The third-order valence-corrected chi connectivity index (χ3v) is 2.68. The Morgan fingerprint density at radius 2 is 1.67 bits per heavy atom. The molecular weight excluding hydrogens is 218 g/mol. The number of benzene rings is 2. The van der Waals surface area contributed by atoms with Gasteiger partial charge in [-0.25, -0.2) is 0 Å². The van der Waals surface area contributed by atoms with Gasteiger partial charge in [0.05, 0.1) is 0 Å². The van der Waals surface area contributed by atoms with E-state index in [2.05, 4.69) is 37.0 Å². The van der Waals surface area contributed by atoms with Gasteiger partial charge in [-0.05, 0) is 35.6 Å². The summed E-state index contributed by atoms with van der Waals surface area (Å²) in [5.41, 5.74) is 2.20. The molecule has 1 heteroatoms. The minimum Gasteiger partial charge on any atom is -0.359 e. The summed E-state index contributed by atoms with van der Waals surface area (Å²) in [6.07, 6.45) is 4.14. The Morgan fingerprint density at radius 1 is 1.00 bits per heavy atom. The third kappa shape index (κ3) is 3.36. The van der Waals surface area contributed by atoms with Crippen LogP contribution in [0.1, 0.15) is 6.92 Å². The van der Waals surface area contributed by atoms with Crippen molar-refractivity contribution >= 4 is 18.3 Å². The number of allylic oxidation sites excluding steroid dienone is 2. The van der Waals surface area contributed by atoms with E-state index in [1.807, 2.05) is 48.5 Å². The summed E-state index contributed by atoms with van der Waals surface area (Å²) >= 11 is 0. The van der Waals surface area contributed by atoms with Gasteiger partial charge < -0.3 is 5.32 Å². The minimum absolute atomic E-state index is 1.04. The molecule has 0 bridgehead atoms. The van der Waals surface area contributed by atoms with Crippen LogP contribution in [0.4, 0.5) is 5.69 Å². The van der Waals surface area contributed by atoms with Crippen LogP contribution in [0.3, 0.4) is 0 Å². The van der Waals surface area contributed by atoms with Crippen molar-refractivity contribution in [2.75, 3.05) is 5.32 Å². The van der Waals surface area contributed by atoms with Gasteiger partial charge in [0.15, 0.2) is 0 Å². The molecule has 0 unspecified atom stereocenters. The Kier molecular flexibility index (Phi) is 3.98. The molecule has 1 N–H and O–H groups in total. The van der Waals surface area contributed by atoms with Crippen molar-refractivity contribution in [2.24, 2.45) is 0 Å². The lowest BCUT2D eigenvalue weighted by molar-refractivity contribution is 1.38. The first-order valence-corrected chi connectivity index (χ1v) is 6.00. The Labute approximate surface area is 108 Å². The van der Waals surface area contributed by atoms with Gasteiger partial charge in [0.2, 0.25) is 0 Å². The lowest BCUT2D eigenvalue weighted by Crippen LogP contribution is -2.21. The average molecular weight is 235 g/mol. The molecule has 0 fully saturated rings. The van der Waals surface area contributed by atoms with Gasteiger partial charge in [-0.3, -0.25) is 0 Å². The second kappa shape index (κ2) is 5.87. The second-order valence-electron chi connectivity index (χ2n) is 4.21.